The van der Waals surface area contributed by atoms with Gasteiger partial charge in [-0.15, -0.1) is 0 Å². The van der Waals surface area contributed by atoms with Gasteiger partial charge in [0.15, 0.2) is 17.3 Å². The zero-order chi connectivity index (χ0) is 20.6. The smallest absolute Gasteiger partial charge is 0.302 e. The number of furan rings is 1. The molecular weight excluding hydrogens is 380 g/mol. The molecule has 2 heterocycles. The second-order valence-electron chi connectivity index (χ2n) is 6.05. The van der Waals surface area contributed by atoms with E-state index >= 15 is 0 Å². The third-order valence-corrected chi connectivity index (χ3v) is 3.86. The van der Waals surface area contributed by atoms with Crippen LogP contribution in [0, 0.1) is 0 Å². The van der Waals surface area contributed by atoms with Crippen LogP contribution < -0.4 is 20.1 Å². The maximum Gasteiger partial charge on any atom is 0.302 e. The van der Waals surface area contributed by atoms with Gasteiger partial charge < -0.3 is 29.3 Å². The van der Waals surface area contributed by atoms with Gasteiger partial charge in [0.1, 0.15) is 5.70 Å². The van der Waals surface area contributed by atoms with Gasteiger partial charge in [0.2, 0.25) is 6.79 Å². The molecule has 9 heteroatoms. The molecule has 1 aromatic carbocycles. The summed E-state index contributed by atoms with van der Waals surface area (Å²) < 4.78 is 20.5. The molecule has 0 spiro atoms. The van der Waals surface area contributed by atoms with E-state index in [0.29, 0.717) is 23.5 Å². The summed E-state index contributed by atoms with van der Waals surface area (Å²) in [7, 11) is 0. The van der Waals surface area contributed by atoms with Crippen LogP contribution >= 0.6 is 0 Å². The van der Waals surface area contributed by atoms with Crippen molar-refractivity contribution in [2.45, 2.75) is 13.3 Å². The van der Waals surface area contributed by atoms with E-state index in [0.717, 1.165) is 0 Å². The molecule has 0 saturated carbocycles. The van der Waals surface area contributed by atoms with Gasteiger partial charge in [0.05, 0.1) is 12.9 Å². The summed E-state index contributed by atoms with van der Waals surface area (Å²) in [5, 5.41) is 5.23. The van der Waals surface area contributed by atoms with E-state index in [1.807, 2.05) is 0 Å². The first-order valence-electron chi connectivity index (χ1n) is 8.90. The number of benzene rings is 1. The lowest BCUT2D eigenvalue weighted by atomic mass is 10.1. The SMILES string of the molecule is CC(=O)OCCCNC(=O)/C(=C\c1ccc2c(c1)OCO2)NC(=O)c1ccco1. The molecule has 0 unspecified atom stereocenters. The Kier molecular flexibility index (Phi) is 6.51. The Balaban J connectivity index is 1.71. The quantitative estimate of drug-likeness (QED) is 0.395. The van der Waals surface area contributed by atoms with Crippen LogP contribution in [0.1, 0.15) is 29.5 Å². The van der Waals surface area contributed by atoms with Crippen LogP contribution in [0.15, 0.2) is 46.7 Å². The van der Waals surface area contributed by atoms with Gasteiger partial charge in [-0.3, -0.25) is 14.4 Å². The summed E-state index contributed by atoms with van der Waals surface area (Å²) in [6.45, 7) is 1.90. The minimum absolute atomic E-state index is 0.0257. The van der Waals surface area contributed by atoms with Crippen molar-refractivity contribution in [1.29, 1.82) is 0 Å². The maximum atomic E-state index is 12.6. The number of fused-ring (bicyclic) bond motifs is 1. The standard InChI is InChI=1S/C20H20N2O7/c1-13(23)26-9-3-7-21-19(24)15(22-20(25)17-4-2-8-27-17)10-14-5-6-16-18(11-14)29-12-28-16/h2,4-6,8,10-11H,3,7,9,12H2,1H3,(H,21,24)(H,22,25)/b15-10+. The van der Waals surface area contributed by atoms with E-state index in [4.69, 9.17) is 18.6 Å². The molecule has 9 nitrogen and oxygen atoms in total. The van der Waals surface area contributed by atoms with Crippen LogP contribution in [0.25, 0.3) is 6.08 Å². The Morgan fingerprint density at radius 3 is 2.76 bits per heavy atom. The fourth-order valence-corrected chi connectivity index (χ4v) is 2.50. The van der Waals surface area contributed by atoms with Crippen LogP contribution in [0.5, 0.6) is 11.5 Å². The van der Waals surface area contributed by atoms with Gasteiger partial charge in [0, 0.05) is 13.5 Å². The van der Waals surface area contributed by atoms with E-state index in [9.17, 15) is 14.4 Å². The third-order valence-electron chi connectivity index (χ3n) is 3.86. The molecule has 1 aliphatic rings. The molecule has 29 heavy (non-hydrogen) atoms. The third kappa shape index (κ3) is 5.61. The van der Waals surface area contributed by atoms with Crippen molar-refractivity contribution >= 4 is 23.9 Å². The van der Waals surface area contributed by atoms with E-state index in [1.165, 1.54) is 25.3 Å². The lowest BCUT2D eigenvalue weighted by molar-refractivity contribution is -0.141. The second kappa shape index (κ2) is 9.45. The number of carbonyl (C=O) groups excluding carboxylic acids is 3. The zero-order valence-corrected chi connectivity index (χ0v) is 15.7. The molecule has 1 aromatic heterocycles. The van der Waals surface area contributed by atoms with Crippen molar-refractivity contribution in [2.24, 2.45) is 0 Å². The number of nitrogens with one attached hydrogen (secondary N) is 2. The first kappa shape index (κ1) is 20.0. The van der Waals surface area contributed by atoms with Crippen molar-refractivity contribution in [3.63, 3.8) is 0 Å². The van der Waals surface area contributed by atoms with Crippen molar-refractivity contribution in [3.05, 3.63) is 53.6 Å². The average Bonchev–Trinajstić information content (AvgIpc) is 3.38. The molecule has 0 atom stereocenters. The van der Waals surface area contributed by atoms with Crippen molar-refractivity contribution in [3.8, 4) is 11.5 Å². The first-order valence-corrected chi connectivity index (χ1v) is 8.90. The van der Waals surface area contributed by atoms with Crippen molar-refractivity contribution in [1.82, 2.24) is 10.6 Å². The van der Waals surface area contributed by atoms with E-state index in [1.54, 1.807) is 24.3 Å². The number of amides is 2. The van der Waals surface area contributed by atoms with Gasteiger partial charge in [-0.1, -0.05) is 6.07 Å². The van der Waals surface area contributed by atoms with E-state index in [2.05, 4.69) is 10.6 Å². The highest BCUT2D eigenvalue weighted by molar-refractivity contribution is 6.04. The second-order valence-corrected chi connectivity index (χ2v) is 6.05. The number of hydrogen-bond acceptors (Lipinski definition) is 7. The fourth-order valence-electron chi connectivity index (χ4n) is 2.50. The normalized spacial score (nSPS) is 12.4. The molecule has 0 radical (unpaired) electrons. The van der Waals surface area contributed by atoms with E-state index < -0.39 is 11.8 Å². The highest BCUT2D eigenvalue weighted by Crippen LogP contribution is 2.33. The average molecular weight is 400 g/mol. The topological polar surface area (TPSA) is 116 Å². The highest BCUT2D eigenvalue weighted by atomic mass is 16.7. The molecule has 0 saturated heterocycles. The van der Waals surface area contributed by atoms with Crippen LogP contribution in [0.4, 0.5) is 0 Å². The maximum absolute atomic E-state index is 12.6. The monoisotopic (exact) mass is 400 g/mol. The Labute approximate surface area is 166 Å². The largest absolute Gasteiger partial charge is 0.466 e. The Morgan fingerprint density at radius 1 is 1.17 bits per heavy atom. The van der Waals surface area contributed by atoms with Crippen LogP contribution in [0.2, 0.25) is 0 Å². The Hall–Kier alpha value is -3.75. The van der Waals surface area contributed by atoms with Gasteiger partial charge in [0.25, 0.3) is 11.8 Å². The highest BCUT2D eigenvalue weighted by Gasteiger charge is 2.18. The number of ether oxygens (including phenoxy) is 3. The van der Waals surface area contributed by atoms with Crippen molar-refractivity contribution in [2.75, 3.05) is 19.9 Å². The summed E-state index contributed by atoms with van der Waals surface area (Å²) in [4.78, 5) is 35.7. The molecule has 2 amide bonds. The summed E-state index contributed by atoms with van der Waals surface area (Å²) in [6.07, 6.45) is 3.32. The van der Waals surface area contributed by atoms with Crippen LogP contribution in [-0.4, -0.2) is 37.7 Å². The number of esters is 1. The van der Waals surface area contributed by atoms with Gasteiger partial charge in [-0.2, -0.15) is 0 Å². The minimum Gasteiger partial charge on any atom is -0.466 e. The van der Waals surface area contributed by atoms with Gasteiger partial charge in [-0.05, 0) is 42.3 Å². The predicted molar refractivity (Wildman–Crippen MR) is 101 cm³/mol. The molecule has 0 aliphatic carbocycles. The first-order chi connectivity index (χ1) is 14.0. The molecule has 0 fully saturated rings. The summed E-state index contributed by atoms with van der Waals surface area (Å²) in [6, 6.07) is 8.23. The number of hydrogen-bond donors (Lipinski definition) is 2. The molecule has 2 aromatic rings. The summed E-state index contributed by atoms with van der Waals surface area (Å²) in [5.74, 6) is -0.201. The molecule has 0 bridgehead atoms. The van der Waals surface area contributed by atoms with Gasteiger partial charge in [-0.25, -0.2) is 0 Å². The Morgan fingerprint density at radius 2 is 2.00 bits per heavy atom. The van der Waals surface area contributed by atoms with Crippen LogP contribution in [0.3, 0.4) is 0 Å². The number of carbonyl (C=O) groups is 3. The number of rotatable bonds is 8. The summed E-state index contributed by atoms with van der Waals surface area (Å²) >= 11 is 0. The molecule has 1 aliphatic heterocycles. The fraction of sp³-hybridized carbons (Fsp3) is 0.250. The molecule has 3 rings (SSSR count). The zero-order valence-electron chi connectivity index (χ0n) is 15.7. The minimum atomic E-state index is -0.558. The Bertz CT molecular complexity index is 919. The van der Waals surface area contributed by atoms with Crippen molar-refractivity contribution < 1.29 is 33.0 Å². The predicted octanol–water partition coefficient (Wildman–Crippen LogP) is 1.85. The van der Waals surface area contributed by atoms with E-state index in [-0.39, 0.29) is 37.4 Å². The molecule has 152 valence electrons. The van der Waals surface area contributed by atoms with Crippen LogP contribution in [-0.2, 0) is 14.3 Å². The van der Waals surface area contributed by atoms with Gasteiger partial charge >= 0.3 is 5.97 Å². The summed E-state index contributed by atoms with van der Waals surface area (Å²) in [5.41, 5.74) is 0.664. The molecular formula is C20H20N2O7. The molecule has 2 N–H and O–H groups in total. The lowest BCUT2D eigenvalue weighted by Crippen LogP contribution is -2.35. The lowest BCUT2D eigenvalue weighted by Gasteiger charge is -2.10.